The van der Waals surface area contributed by atoms with E-state index >= 15 is 0 Å². The molecule has 0 radical (unpaired) electrons. The molecule has 54 valence electrons. The molecule has 0 bridgehead atoms. The van der Waals surface area contributed by atoms with Crippen molar-refractivity contribution in [3.63, 3.8) is 0 Å². The van der Waals surface area contributed by atoms with E-state index in [1.807, 2.05) is 0 Å². The van der Waals surface area contributed by atoms with Crippen LogP contribution in [0.5, 0.6) is 0 Å². The Balaban J connectivity index is 2.41. The zero-order valence-electron chi connectivity index (χ0n) is 6.23. The van der Waals surface area contributed by atoms with Crippen molar-refractivity contribution in [2.75, 3.05) is 0 Å². The second-order valence-electron chi connectivity index (χ2n) is 3.12. The Morgan fingerprint density at radius 3 is 2.33 bits per heavy atom. The van der Waals surface area contributed by atoms with Crippen LogP contribution in [0.1, 0.15) is 33.1 Å². The molecule has 1 fully saturated rings. The fourth-order valence-corrected chi connectivity index (χ4v) is 2.47. The van der Waals surface area contributed by atoms with Gasteiger partial charge in [-0.2, -0.15) is 0 Å². The van der Waals surface area contributed by atoms with Crippen LogP contribution in [-0.2, 0) is 0 Å². The highest BCUT2D eigenvalue weighted by atomic mass is 79.9. The minimum absolute atomic E-state index is 0.808. The summed E-state index contributed by atoms with van der Waals surface area (Å²) in [5.74, 6) is 1.91. The second-order valence-corrected chi connectivity index (χ2v) is 4.30. The van der Waals surface area contributed by atoms with Crippen LogP contribution >= 0.6 is 15.9 Å². The molecule has 0 aromatic carbocycles. The number of rotatable bonds is 1. The van der Waals surface area contributed by atoms with Crippen molar-refractivity contribution in [3.8, 4) is 0 Å². The maximum Gasteiger partial charge on any atom is 0.0174 e. The molecule has 1 saturated carbocycles. The number of halogens is 1. The smallest absolute Gasteiger partial charge is 0.0174 e. The van der Waals surface area contributed by atoms with Crippen molar-refractivity contribution in [2.45, 2.75) is 37.9 Å². The molecule has 3 atom stereocenters. The lowest BCUT2D eigenvalue weighted by Crippen LogP contribution is -2.08. The van der Waals surface area contributed by atoms with E-state index in [0.717, 1.165) is 16.7 Å². The lowest BCUT2D eigenvalue weighted by atomic mass is 9.96. The highest BCUT2D eigenvalue weighted by molar-refractivity contribution is 9.09. The highest BCUT2D eigenvalue weighted by Crippen LogP contribution is 2.37. The molecule has 0 N–H and O–H groups in total. The summed E-state index contributed by atoms with van der Waals surface area (Å²) in [6.45, 7) is 4.66. The zero-order chi connectivity index (χ0) is 6.85. The summed E-state index contributed by atoms with van der Waals surface area (Å²) >= 11 is 3.68. The van der Waals surface area contributed by atoms with E-state index in [4.69, 9.17) is 0 Å². The van der Waals surface area contributed by atoms with Crippen molar-refractivity contribution in [1.29, 1.82) is 0 Å². The molecule has 0 amide bonds. The first kappa shape index (κ1) is 7.59. The first-order valence-corrected chi connectivity index (χ1v) is 4.81. The predicted octanol–water partition coefficient (Wildman–Crippen LogP) is 3.21. The van der Waals surface area contributed by atoms with Gasteiger partial charge in [0, 0.05) is 4.83 Å². The van der Waals surface area contributed by atoms with Gasteiger partial charge in [0.25, 0.3) is 0 Å². The molecule has 3 unspecified atom stereocenters. The third-order valence-electron chi connectivity index (χ3n) is 2.65. The van der Waals surface area contributed by atoms with Gasteiger partial charge < -0.3 is 0 Å². The Bertz CT molecular complexity index is 90.6. The average Bonchev–Trinajstić information content (AvgIpc) is 2.15. The molecule has 0 aliphatic heterocycles. The van der Waals surface area contributed by atoms with E-state index in [1.165, 1.54) is 19.3 Å². The summed E-state index contributed by atoms with van der Waals surface area (Å²) in [5.41, 5.74) is 0. The minimum Gasteiger partial charge on any atom is -0.0888 e. The SMILES string of the molecule is CCC1CCC(Br)C1C. The summed E-state index contributed by atoms with van der Waals surface area (Å²) in [6, 6.07) is 0. The van der Waals surface area contributed by atoms with Crippen LogP contribution in [0.4, 0.5) is 0 Å². The maximum absolute atomic E-state index is 3.68. The fourth-order valence-electron chi connectivity index (χ4n) is 1.77. The molecular formula is C8H15Br. The molecular weight excluding hydrogens is 176 g/mol. The summed E-state index contributed by atoms with van der Waals surface area (Å²) in [6.07, 6.45) is 4.19. The Morgan fingerprint density at radius 2 is 2.11 bits per heavy atom. The highest BCUT2D eigenvalue weighted by Gasteiger charge is 2.28. The molecule has 1 aliphatic rings. The molecule has 9 heavy (non-hydrogen) atoms. The molecule has 0 saturated heterocycles. The molecule has 1 aliphatic carbocycles. The van der Waals surface area contributed by atoms with Crippen molar-refractivity contribution in [3.05, 3.63) is 0 Å². The first-order chi connectivity index (χ1) is 4.25. The summed E-state index contributed by atoms with van der Waals surface area (Å²) in [7, 11) is 0. The van der Waals surface area contributed by atoms with Gasteiger partial charge in [0.2, 0.25) is 0 Å². The monoisotopic (exact) mass is 190 g/mol. The normalized spacial score (nSPS) is 43.7. The Hall–Kier alpha value is 0.480. The Kier molecular flexibility index (Phi) is 2.57. The van der Waals surface area contributed by atoms with Gasteiger partial charge in [-0.1, -0.05) is 36.2 Å². The standard InChI is InChI=1S/C8H15Br/c1-3-7-4-5-8(9)6(7)2/h6-8H,3-5H2,1-2H3. The number of hydrogen-bond acceptors (Lipinski definition) is 0. The minimum atomic E-state index is 0.808. The number of hydrogen-bond donors (Lipinski definition) is 0. The maximum atomic E-state index is 3.68. The van der Waals surface area contributed by atoms with Gasteiger partial charge in [-0.05, 0) is 24.7 Å². The fraction of sp³-hybridized carbons (Fsp3) is 1.00. The molecule has 0 nitrogen and oxygen atoms in total. The second kappa shape index (κ2) is 3.05. The average molecular weight is 191 g/mol. The van der Waals surface area contributed by atoms with Crippen molar-refractivity contribution >= 4 is 15.9 Å². The Labute approximate surface area is 66.2 Å². The Morgan fingerprint density at radius 1 is 1.44 bits per heavy atom. The largest absolute Gasteiger partial charge is 0.0888 e. The van der Waals surface area contributed by atoms with E-state index in [9.17, 15) is 0 Å². The van der Waals surface area contributed by atoms with Gasteiger partial charge in [0.15, 0.2) is 0 Å². The van der Waals surface area contributed by atoms with E-state index in [-0.39, 0.29) is 0 Å². The summed E-state index contributed by atoms with van der Waals surface area (Å²) < 4.78 is 0. The van der Waals surface area contributed by atoms with Crippen LogP contribution in [0.15, 0.2) is 0 Å². The summed E-state index contributed by atoms with van der Waals surface area (Å²) in [5, 5.41) is 0. The van der Waals surface area contributed by atoms with E-state index < -0.39 is 0 Å². The van der Waals surface area contributed by atoms with Crippen molar-refractivity contribution in [1.82, 2.24) is 0 Å². The van der Waals surface area contributed by atoms with Crippen molar-refractivity contribution in [2.24, 2.45) is 11.8 Å². The predicted molar refractivity (Wildman–Crippen MR) is 44.9 cm³/mol. The molecule has 0 heterocycles. The third kappa shape index (κ3) is 1.49. The van der Waals surface area contributed by atoms with E-state index in [0.29, 0.717) is 0 Å². The van der Waals surface area contributed by atoms with Gasteiger partial charge in [-0.3, -0.25) is 0 Å². The quantitative estimate of drug-likeness (QED) is 0.558. The topological polar surface area (TPSA) is 0 Å². The van der Waals surface area contributed by atoms with Gasteiger partial charge in [0.05, 0.1) is 0 Å². The number of alkyl halides is 1. The lowest BCUT2D eigenvalue weighted by Gasteiger charge is -2.13. The van der Waals surface area contributed by atoms with Gasteiger partial charge in [0.1, 0.15) is 0 Å². The molecule has 0 aromatic heterocycles. The van der Waals surface area contributed by atoms with Crippen LogP contribution in [0.25, 0.3) is 0 Å². The van der Waals surface area contributed by atoms with Crippen molar-refractivity contribution < 1.29 is 0 Å². The van der Waals surface area contributed by atoms with Crippen LogP contribution < -0.4 is 0 Å². The third-order valence-corrected chi connectivity index (χ3v) is 3.94. The van der Waals surface area contributed by atoms with Crippen LogP contribution in [-0.4, -0.2) is 4.83 Å². The molecule has 0 spiro atoms. The molecule has 1 rings (SSSR count). The van der Waals surface area contributed by atoms with Crippen LogP contribution in [0.3, 0.4) is 0 Å². The van der Waals surface area contributed by atoms with E-state index in [1.54, 1.807) is 0 Å². The summed E-state index contributed by atoms with van der Waals surface area (Å²) in [4.78, 5) is 0.808. The van der Waals surface area contributed by atoms with Gasteiger partial charge in [-0.25, -0.2) is 0 Å². The van der Waals surface area contributed by atoms with Crippen LogP contribution in [0.2, 0.25) is 0 Å². The van der Waals surface area contributed by atoms with E-state index in [2.05, 4.69) is 29.8 Å². The first-order valence-electron chi connectivity index (χ1n) is 3.89. The van der Waals surface area contributed by atoms with Crippen LogP contribution in [0, 0.1) is 11.8 Å². The van der Waals surface area contributed by atoms with Gasteiger partial charge in [-0.15, -0.1) is 0 Å². The van der Waals surface area contributed by atoms with Gasteiger partial charge >= 0.3 is 0 Å². The zero-order valence-corrected chi connectivity index (χ0v) is 7.82. The molecule has 0 aromatic rings. The molecule has 1 heteroatoms. The lowest BCUT2D eigenvalue weighted by molar-refractivity contribution is 0.413.